The molecule has 8 aromatic carbocycles. The van der Waals surface area contributed by atoms with Gasteiger partial charge in [0.25, 0.3) is 0 Å². The minimum Gasteiger partial charge on any atom is -1.00 e. The van der Waals surface area contributed by atoms with Gasteiger partial charge >= 0.3 is 86.9 Å². The van der Waals surface area contributed by atoms with Gasteiger partial charge < -0.3 is 109 Å². The Morgan fingerprint density at radius 1 is 0.300 bits per heavy atom. The zero-order chi connectivity index (χ0) is 41.5. The van der Waals surface area contributed by atoms with Crippen molar-refractivity contribution in [1.82, 2.24) is 9.80 Å². The van der Waals surface area contributed by atoms with E-state index < -0.39 is 0 Å². The van der Waals surface area contributed by atoms with E-state index in [0.29, 0.717) is 0 Å². The van der Waals surface area contributed by atoms with E-state index in [1.165, 1.54) is 83.0 Å². The first kappa shape index (κ1) is 92.2. The minimum absolute atomic E-state index is 0. The molecule has 0 saturated carbocycles. The van der Waals surface area contributed by atoms with E-state index in [9.17, 15) is 0 Å². The quantitative estimate of drug-likeness (QED) is 0.0889. The topological polar surface area (TPSA) is 6.48 Å². The number of hydrogen-bond acceptors (Lipinski definition) is 2. The summed E-state index contributed by atoms with van der Waals surface area (Å²) in [6.45, 7) is 6.55. The van der Waals surface area contributed by atoms with Crippen LogP contribution >= 0.6 is 0 Å². The Morgan fingerprint density at radius 2 is 0.514 bits per heavy atom. The molecule has 0 N–H and O–H groups in total. The van der Waals surface area contributed by atoms with E-state index in [1.54, 1.807) is 0 Å². The van der Waals surface area contributed by atoms with Crippen LogP contribution in [-0.4, -0.2) is 38.0 Å². The second kappa shape index (κ2) is 61.2. The summed E-state index contributed by atoms with van der Waals surface area (Å²) in [5.41, 5.74) is 10.9. The summed E-state index contributed by atoms with van der Waals surface area (Å²) in [5.74, 6) is 0. The molecule has 0 aliphatic heterocycles. The molecule has 0 radical (unpaired) electrons. The maximum Gasteiger partial charge on any atom is 4.00 e. The summed E-state index contributed by atoms with van der Waals surface area (Å²) in [6, 6.07) is 71.5. The Bertz CT molecular complexity index is 1840. The van der Waals surface area contributed by atoms with E-state index in [-0.39, 0.29) is 186 Å². The van der Waals surface area contributed by atoms with Crippen LogP contribution in [0, 0.1) is 0 Å². The van der Waals surface area contributed by atoms with Crippen LogP contribution in [0.4, 0.5) is 0 Å². The van der Waals surface area contributed by atoms with Gasteiger partial charge in [0.05, 0.1) is 0 Å². The second-order valence-electron chi connectivity index (χ2n) is 14.9. The van der Waals surface area contributed by atoms with Crippen LogP contribution in [0.5, 0.6) is 0 Å². The standard InChI is InChI=1S/2C11H9.2C9H13.2C8H12N.8ClH.4Ti/c2*1-2-6-10(7-3-1)11-8-4-5-9-11;2*1-2-3-6-9-7-4-5-8-9;2*1-9(2)7-8-5-3-4-6-8;;;;;;;;;;;;/h2*1-9H;2*4-5,7-8H,2-3,6H2,1H3;2*3-6H,7H2,1-2H3;8*1H;;;;/q6*-1;;;;;;;;;4*+4/p-8. The van der Waals surface area contributed by atoms with Gasteiger partial charge in [-0.25, -0.2) is 48.5 Å². The van der Waals surface area contributed by atoms with Crippen molar-refractivity contribution in [2.45, 2.75) is 65.5 Å². The molecule has 0 amide bonds. The summed E-state index contributed by atoms with van der Waals surface area (Å²) in [4.78, 5) is 4.32. The molecular weight excluding hydrogens is 1180 g/mol. The predicted molar refractivity (Wildman–Crippen MR) is 255 cm³/mol. The average molecular weight is 1240 g/mol. The number of halogens is 8. The molecule has 0 saturated heterocycles. The first-order chi connectivity index (χ1) is 28.4. The normalized spacial score (nSPS) is 8.34. The van der Waals surface area contributed by atoms with Gasteiger partial charge in [-0.05, 0) is 41.3 Å². The van der Waals surface area contributed by atoms with Gasteiger partial charge in [-0.3, -0.25) is 0 Å². The predicted octanol–water partition coefficient (Wildman–Crippen LogP) is -9.40. The van der Waals surface area contributed by atoms with Crippen molar-refractivity contribution < 1.29 is 186 Å². The molecule has 70 heavy (non-hydrogen) atoms. The van der Waals surface area contributed by atoms with E-state index in [4.69, 9.17) is 0 Å². The van der Waals surface area contributed by atoms with Crippen LogP contribution in [0.3, 0.4) is 0 Å². The molecule has 0 fully saturated rings. The van der Waals surface area contributed by atoms with Crippen molar-refractivity contribution >= 4 is 0 Å². The number of hydrogen-bond donors (Lipinski definition) is 0. The third-order valence-electron chi connectivity index (χ3n) is 9.10. The zero-order valence-corrected chi connectivity index (χ0v) is 53.5. The molecule has 8 rings (SSSR count). The molecule has 0 bridgehead atoms. The minimum atomic E-state index is 0. The molecule has 2 nitrogen and oxygen atoms in total. The van der Waals surface area contributed by atoms with Gasteiger partial charge in [0, 0.05) is 0 Å². The van der Waals surface area contributed by atoms with Crippen molar-refractivity contribution in [2.24, 2.45) is 0 Å². The first-order valence-electron chi connectivity index (χ1n) is 21.0. The van der Waals surface area contributed by atoms with Gasteiger partial charge in [0.1, 0.15) is 0 Å². The van der Waals surface area contributed by atoms with Crippen LogP contribution in [0.15, 0.2) is 206 Å². The molecule has 0 heterocycles. The molecule has 0 unspecified atom stereocenters. The van der Waals surface area contributed by atoms with Crippen molar-refractivity contribution in [3.63, 3.8) is 0 Å². The molecule has 0 aliphatic carbocycles. The van der Waals surface area contributed by atoms with Gasteiger partial charge in [-0.15, -0.1) is 70.8 Å². The number of nitrogens with zero attached hydrogens (tertiary/aromatic N) is 2. The van der Waals surface area contributed by atoms with Crippen LogP contribution < -0.4 is 99.3 Å². The van der Waals surface area contributed by atoms with Gasteiger partial charge in [-0.1, -0.05) is 99.9 Å². The Morgan fingerprint density at radius 3 is 0.729 bits per heavy atom. The third kappa shape index (κ3) is 45.1. The molecule has 0 spiro atoms. The summed E-state index contributed by atoms with van der Waals surface area (Å²) in [7, 11) is 8.31. The average Bonchev–Trinajstić information content (AvgIpc) is 4.10. The zero-order valence-electron chi connectivity index (χ0n) is 41.2. The number of aryl methyl sites for hydroxylation is 2. The monoisotopic (exact) mass is 1240 g/mol. The van der Waals surface area contributed by atoms with Crippen LogP contribution in [-0.2, 0) is 113 Å². The number of benzene rings is 2. The molecule has 0 aliphatic rings. The van der Waals surface area contributed by atoms with Crippen molar-refractivity contribution in [1.29, 1.82) is 0 Å². The van der Waals surface area contributed by atoms with Crippen molar-refractivity contribution in [3.8, 4) is 22.3 Å². The molecule has 8 aromatic rings. The fraction of sp³-hybridized carbons (Fsp3) is 0.250. The summed E-state index contributed by atoms with van der Waals surface area (Å²) >= 11 is 0. The van der Waals surface area contributed by atoms with Gasteiger partial charge in [0.2, 0.25) is 0 Å². The van der Waals surface area contributed by atoms with E-state index in [2.05, 4.69) is 246 Å². The largest absolute Gasteiger partial charge is 4.00 e. The van der Waals surface area contributed by atoms with Crippen molar-refractivity contribution in [2.75, 3.05) is 28.2 Å². The molecule has 0 aromatic heterocycles. The smallest absolute Gasteiger partial charge is 1.00 e. The molecule has 0 atom stereocenters. The molecule has 372 valence electrons. The maximum absolute atomic E-state index is 2.23. The van der Waals surface area contributed by atoms with Crippen molar-refractivity contribution in [3.05, 3.63) is 229 Å². The Balaban J connectivity index is -0.0000000748. The van der Waals surface area contributed by atoms with Crippen LogP contribution in [0.1, 0.15) is 61.8 Å². The van der Waals surface area contributed by atoms with E-state index >= 15 is 0 Å². The number of unbranched alkanes of at least 4 members (excludes halogenated alkanes) is 2. The van der Waals surface area contributed by atoms with Gasteiger partial charge in [-0.2, -0.15) is 83.9 Å². The Kier molecular flexibility index (Phi) is 80.6. The van der Waals surface area contributed by atoms with Gasteiger partial charge in [0.15, 0.2) is 0 Å². The number of rotatable bonds is 12. The van der Waals surface area contributed by atoms with E-state index in [1.807, 2.05) is 12.1 Å². The van der Waals surface area contributed by atoms with Crippen LogP contribution in [0.2, 0.25) is 0 Å². The fourth-order valence-corrected chi connectivity index (χ4v) is 6.09. The second-order valence-corrected chi connectivity index (χ2v) is 14.9. The summed E-state index contributed by atoms with van der Waals surface area (Å²) < 4.78 is 0. The maximum atomic E-state index is 2.23. The Labute approximate surface area is 534 Å². The Hall–Kier alpha value is -0.363. The van der Waals surface area contributed by atoms with E-state index in [0.717, 1.165) is 13.1 Å². The first-order valence-corrected chi connectivity index (χ1v) is 21.0. The summed E-state index contributed by atoms with van der Waals surface area (Å²) in [6.07, 6.45) is 7.75. The SMILES string of the molecule is CCCC[c-]1cccc1.CCCC[c-]1cccc1.CN(C)C[c-]1cccc1.CN(C)C[c-]1cccc1.[Cl-].[Cl-].[Cl-].[Cl-].[Cl-].[Cl-].[Cl-].[Cl-].[Ti+4].[Ti+4].[Ti+4].[Ti+4].c1ccc(-[c-]2cccc2)cc1.c1ccc(-[c-]2cccc2)cc1. The van der Waals surface area contributed by atoms with Crippen LogP contribution in [0.25, 0.3) is 22.3 Å². The fourth-order valence-electron chi connectivity index (χ4n) is 6.09. The summed E-state index contributed by atoms with van der Waals surface area (Å²) in [5, 5.41) is 0. The third-order valence-corrected chi connectivity index (χ3v) is 9.10. The molecular formula is C56H68Cl8N2Ti4+2. The molecule has 14 heteroatoms.